The summed E-state index contributed by atoms with van der Waals surface area (Å²) < 4.78 is 17.0. The van der Waals surface area contributed by atoms with E-state index in [-0.39, 0.29) is 11.3 Å². The van der Waals surface area contributed by atoms with Gasteiger partial charge in [-0.1, -0.05) is 18.2 Å². The van der Waals surface area contributed by atoms with Crippen molar-refractivity contribution in [2.24, 2.45) is 0 Å². The van der Waals surface area contributed by atoms with Crippen LogP contribution >= 0.6 is 0 Å². The number of fused-ring (bicyclic) bond motifs is 1. The van der Waals surface area contributed by atoms with Crippen LogP contribution in [0.2, 0.25) is 0 Å². The SMILES string of the molecule is CCOc1ccccc1C1C(=C(O)c2ccc3c(c2)OCCO3)C(=O)C(=O)N1CCCN(C)C. The highest BCUT2D eigenvalue weighted by molar-refractivity contribution is 6.46. The van der Waals surface area contributed by atoms with E-state index in [2.05, 4.69) is 0 Å². The zero-order chi connectivity index (χ0) is 24.2. The van der Waals surface area contributed by atoms with Gasteiger partial charge in [0.05, 0.1) is 18.2 Å². The van der Waals surface area contributed by atoms with Gasteiger partial charge in [0.2, 0.25) is 0 Å². The number of hydrogen-bond acceptors (Lipinski definition) is 7. The maximum absolute atomic E-state index is 13.3. The second-order valence-corrected chi connectivity index (χ2v) is 8.48. The summed E-state index contributed by atoms with van der Waals surface area (Å²) in [6.45, 7) is 4.27. The van der Waals surface area contributed by atoms with Crippen molar-refractivity contribution in [3.63, 3.8) is 0 Å². The third kappa shape index (κ3) is 4.59. The predicted molar refractivity (Wildman–Crippen MR) is 127 cm³/mol. The minimum Gasteiger partial charge on any atom is -0.507 e. The first kappa shape index (κ1) is 23.6. The molecule has 0 saturated carbocycles. The Kier molecular flexibility index (Phi) is 7.07. The largest absolute Gasteiger partial charge is 0.507 e. The number of rotatable bonds is 8. The van der Waals surface area contributed by atoms with E-state index in [4.69, 9.17) is 14.2 Å². The first-order chi connectivity index (χ1) is 16.4. The second kappa shape index (κ2) is 10.2. The molecule has 2 aromatic carbocycles. The van der Waals surface area contributed by atoms with Crippen molar-refractivity contribution in [1.29, 1.82) is 0 Å². The molecule has 8 heteroatoms. The standard InChI is InChI=1S/C26H30N2O6/c1-4-32-19-9-6-5-8-18(19)23-22(25(30)26(31)28(23)13-7-12-27(2)3)24(29)17-10-11-20-21(16-17)34-15-14-33-20/h5-6,8-11,16,23,29H,4,7,12-15H2,1-3H3. The highest BCUT2D eigenvalue weighted by atomic mass is 16.6. The van der Waals surface area contributed by atoms with Crippen LogP contribution in [0.25, 0.3) is 5.76 Å². The van der Waals surface area contributed by atoms with Gasteiger partial charge < -0.3 is 29.1 Å². The molecule has 1 saturated heterocycles. The van der Waals surface area contributed by atoms with E-state index < -0.39 is 17.7 Å². The summed E-state index contributed by atoms with van der Waals surface area (Å²) in [5.41, 5.74) is 1.08. The molecule has 2 aliphatic rings. The summed E-state index contributed by atoms with van der Waals surface area (Å²) >= 11 is 0. The Morgan fingerprint density at radius 2 is 1.85 bits per heavy atom. The van der Waals surface area contributed by atoms with Gasteiger partial charge in [0, 0.05) is 17.7 Å². The Labute approximate surface area is 199 Å². The third-order valence-electron chi connectivity index (χ3n) is 5.87. The molecular formula is C26H30N2O6. The van der Waals surface area contributed by atoms with Crippen molar-refractivity contribution >= 4 is 17.4 Å². The molecule has 1 amide bonds. The molecular weight excluding hydrogens is 436 g/mol. The Morgan fingerprint density at radius 3 is 2.59 bits per heavy atom. The fourth-order valence-corrected chi connectivity index (χ4v) is 4.33. The Morgan fingerprint density at radius 1 is 1.12 bits per heavy atom. The predicted octanol–water partition coefficient (Wildman–Crippen LogP) is 3.23. The molecule has 1 N–H and O–H groups in total. The number of Topliss-reactive ketones (excluding diaryl/α,β-unsaturated/α-hetero) is 1. The van der Waals surface area contributed by atoms with Crippen LogP contribution in [0.1, 0.15) is 30.5 Å². The molecule has 1 unspecified atom stereocenters. The van der Waals surface area contributed by atoms with E-state index in [1.807, 2.05) is 50.2 Å². The zero-order valence-corrected chi connectivity index (χ0v) is 19.7. The van der Waals surface area contributed by atoms with Gasteiger partial charge in [-0.2, -0.15) is 0 Å². The van der Waals surface area contributed by atoms with E-state index in [1.165, 1.54) is 4.90 Å². The minimum absolute atomic E-state index is 0.0404. The number of ketones is 1. The van der Waals surface area contributed by atoms with Crippen molar-refractivity contribution < 1.29 is 28.9 Å². The lowest BCUT2D eigenvalue weighted by atomic mass is 9.94. The Hall–Kier alpha value is -3.52. The van der Waals surface area contributed by atoms with Gasteiger partial charge >= 0.3 is 0 Å². The number of likely N-dealkylation sites (tertiary alicyclic amines) is 1. The van der Waals surface area contributed by atoms with Crippen LogP contribution in [-0.2, 0) is 9.59 Å². The number of ether oxygens (including phenoxy) is 3. The average Bonchev–Trinajstić information content (AvgIpc) is 3.08. The van der Waals surface area contributed by atoms with Crippen LogP contribution in [0.3, 0.4) is 0 Å². The molecule has 34 heavy (non-hydrogen) atoms. The Bertz CT molecular complexity index is 1110. The molecule has 0 aliphatic carbocycles. The molecule has 0 spiro atoms. The van der Waals surface area contributed by atoms with Crippen molar-refractivity contribution in [3.8, 4) is 17.2 Å². The van der Waals surface area contributed by atoms with Crippen LogP contribution < -0.4 is 14.2 Å². The molecule has 1 atom stereocenters. The van der Waals surface area contributed by atoms with E-state index in [1.54, 1.807) is 18.2 Å². The van der Waals surface area contributed by atoms with E-state index in [0.717, 1.165) is 6.54 Å². The fraction of sp³-hybridized carbons (Fsp3) is 0.385. The van der Waals surface area contributed by atoms with E-state index >= 15 is 0 Å². The van der Waals surface area contributed by atoms with Crippen molar-refractivity contribution in [3.05, 3.63) is 59.2 Å². The van der Waals surface area contributed by atoms with E-state index in [0.29, 0.717) is 61.2 Å². The number of nitrogens with zero attached hydrogens (tertiary/aromatic N) is 2. The number of carbonyl (C=O) groups excluding carboxylic acids is 2. The molecule has 2 heterocycles. The van der Waals surface area contributed by atoms with Crippen molar-refractivity contribution in [2.45, 2.75) is 19.4 Å². The molecule has 0 bridgehead atoms. The van der Waals surface area contributed by atoms with Gasteiger partial charge in [-0.15, -0.1) is 0 Å². The summed E-state index contributed by atoms with van der Waals surface area (Å²) in [4.78, 5) is 30.0. The minimum atomic E-state index is -0.766. The number of aliphatic hydroxyl groups is 1. The van der Waals surface area contributed by atoms with Crippen molar-refractivity contribution in [2.75, 3.05) is 47.0 Å². The molecule has 0 aromatic heterocycles. The van der Waals surface area contributed by atoms with Gasteiger partial charge in [0.1, 0.15) is 24.7 Å². The lowest BCUT2D eigenvalue weighted by Crippen LogP contribution is -2.32. The summed E-state index contributed by atoms with van der Waals surface area (Å²) in [5.74, 6) is 0.0407. The molecule has 2 aromatic rings. The average molecular weight is 467 g/mol. The second-order valence-electron chi connectivity index (χ2n) is 8.48. The maximum Gasteiger partial charge on any atom is 0.295 e. The molecule has 0 radical (unpaired) electrons. The topological polar surface area (TPSA) is 88.5 Å². The monoisotopic (exact) mass is 466 g/mol. The molecule has 4 rings (SSSR count). The number of carbonyl (C=O) groups is 2. The Balaban J connectivity index is 1.82. The molecule has 2 aliphatic heterocycles. The van der Waals surface area contributed by atoms with Crippen LogP contribution in [0.4, 0.5) is 0 Å². The van der Waals surface area contributed by atoms with Gasteiger partial charge in [0.25, 0.3) is 11.7 Å². The van der Waals surface area contributed by atoms with Gasteiger partial charge in [-0.25, -0.2) is 0 Å². The normalized spacial score (nSPS) is 19.1. The zero-order valence-electron chi connectivity index (χ0n) is 19.7. The van der Waals surface area contributed by atoms with Crippen LogP contribution in [0.5, 0.6) is 17.2 Å². The maximum atomic E-state index is 13.3. The molecule has 1 fully saturated rings. The highest BCUT2D eigenvalue weighted by Gasteiger charge is 2.46. The van der Waals surface area contributed by atoms with E-state index in [9.17, 15) is 14.7 Å². The van der Waals surface area contributed by atoms with Gasteiger partial charge in [0.15, 0.2) is 11.5 Å². The summed E-state index contributed by atoms with van der Waals surface area (Å²) in [6, 6.07) is 11.5. The van der Waals surface area contributed by atoms with Gasteiger partial charge in [-0.05, 0) is 58.3 Å². The number of hydrogen-bond donors (Lipinski definition) is 1. The molecule has 180 valence electrons. The van der Waals surface area contributed by atoms with Crippen LogP contribution in [0, 0.1) is 0 Å². The van der Waals surface area contributed by atoms with Crippen LogP contribution in [-0.4, -0.2) is 73.6 Å². The van der Waals surface area contributed by atoms with Gasteiger partial charge in [-0.3, -0.25) is 9.59 Å². The summed E-state index contributed by atoms with van der Waals surface area (Å²) in [5, 5.41) is 11.3. The number of amides is 1. The smallest absolute Gasteiger partial charge is 0.295 e. The van der Waals surface area contributed by atoms with Crippen molar-refractivity contribution in [1.82, 2.24) is 9.80 Å². The third-order valence-corrected chi connectivity index (χ3v) is 5.87. The fourth-order valence-electron chi connectivity index (χ4n) is 4.33. The summed E-state index contributed by atoms with van der Waals surface area (Å²) in [7, 11) is 3.91. The first-order valence-electron chi connectivity index (χ1n) is 11.5. The summed E-state index contributed by atoms with van der Waals surface area (Å²) in [6.07, 6.45) is 0.678. The highest BCUT2D eigenvalue weighted by Crippen LogP contribution is 2.43. The lowest BCUT2D eigenvalue weighted by molar-refractivity contribution is -0.140. The number of para-hydroxylation sites is 1. The lowest BCUT2D eigenvalue weighted by Gasteiger charge is -2.27. The first-order valence-corrected chi connectivity index (χ1v) is 11.5. The molecule has 8 nitrogen and oxygen atoms in total. The quantitative estimate of drug-likeness (QED) is 0.363. The number of aliphatic hydroxyl groups excluding tert-OH is 1. The number of benzene rings is 2. The van der Waals surface area contributed by atoms with Crippen LogP contribution in [0.15, 0.2) is 48.0 Å².